The van der Waals surface area contributed by atoms with Crippen LogP contribution in [-0.4, -0.2) is 17.4 Å². The molecule has 1 aliphatic heterocycles. The molecular weight excluding hydrogens is 365 g/mol. The highest BCUT2D eigenvalue weighted by Gasteiger charge is 2.35. The van der Waals surface area contributed by atoms with E-state index in [-0.39, 0.29) is 11.8 Å². The summed E-state index contributed by atoms with van der Waals surface area (Å²) in [7, 11) is 0. The number of rotatable bonds is 5. The van der Waals surface area contributed by atoms with Crippen LogP contribution in [0, 0.1) is 5.92 Å². The molecule has 0 aromatic heterocycles. The van der Waals surface area contributed by atoms with E-state index in [1.165, 1.54) is 12.1 Å². The van der Waals surface area contributed by atoms with Gasteiger partial charge in [-0.3, -0.25) is 9.69 Å². The average molecular weight is 388 g/mol. The van der Waals surface area contributed by atoms with Crippen molar-refractivity contribution in [2.75, 3.05) is 6.54 Å². The molecule has 2 aromatic carbocycles. The summed E-state index contributed by atoms with van der Waals surface area (Å²) in [4.78, 5) is 13.9. The van der Waals surface area contributed by atoms with Crippen LogP contribution in [0.2, 0.25) is 0 Å². The SMILES string of the molecule is O=C(NCc1ccc(CN2CCc3c(cccc3C(F)(F)F)C2)cc1)C1CC1. The molecule has 1 amide bonds. The van der Waals surface area contributed by atoms with Crippen LogP contribution in [0.5, 0.6) is 0 Å². The van der Waals surface area contributed by atoms with Gasteiger partial charge in [-0.2, -0.15) is 13.2 Å². The van der Waals surface area contributed by atoms with Crippen molar-refractivity contribution in [2.45, 2.75) is 45.1 Å². The van der Waals surface area contributed by atoms with Gasteiger partial charge >= 0.3 is 6.18 Å². The molecular formula is C22H23F3N2O. The van der Waals surface area contributed by atoms with Crippen molar-refractivity contribution in [3.63, 3.8) is 0 Å². The Hall–Kier alpha value is -2.34. The molecule has 1 saturated carbocycles. The molecule has 1 fully saturated rings. The summed E-state index contributed by atoms with van der Waals surface area (Å²) in [6, 6.07) is 12.5. The first kappa shape index (κ1) is 19.0. The zero-order valence-electron chi connectivity index (χ0n) is 15.6. The average Bonchev–Trinajstić information content (AvgIpc) is 3.51. The Kier molecular flexibility index (Phi) is 5.15. The lowest BCUT2D eigenvalue weighted by Gasteiger charge is -2.30. The lowest BCUT2D eigenvalue weighted by atomic mass is 9.94. The van der Waals surface area contributed by atoms with Gasteiger partial charge in [-0.25, -0.2) is 0 Å². The van der Waals surface area contributed by atoms with Crippen LogP contribution in [-0.2, 0) is 37.0 Å². The molecule has 0 saturated heterocycles. The number of amides is 1. The number of carbonyl (C=O) groups excluding carboxylic acids is 1. The highest BCUT2D eigenvalue weighted by molar-refractivity contribution is 5.80. The molecule has 148 valence electrons. The quantitative estimate of drug-likeness (QED) is 0.829. The van der Waals surface area contributed by atoms with Crippen LogP contribution in [0.4, 0.5) is 13.2 Å². The van der Waals surface area contributed by atoms with Gasteiger partial charge in [-0.1, -0.05) is 36.4 Å². The maximum atomic E-state index is 13.2. The van der Waals surface area contributed by atoms with E-state index < -0.39 is 11.7 Å². The molecule has 0 bridgehead atoms. The fraction of sp³-hybridized carbons (Fsp3) is 0.409. The minimum atomic E-state index is -4.29. The zero-order valence-corrected chi connectivity index (χ0v) is 15.6. The minimum Gasteiger partial charge on any atom is -0.352 e. The molecule has 3 nitrogen and oxygen atoms in total. The third kappa shape index (κ3) is 4.38. The topological polar surface area (TPSA) is 32.3 Å². The smallest absolute Gasteiger partial charge is 0.352 e. The largest absolute Gasteiger partial charge is 0.416 e. The Morgan fingerprint density at radius 3 is 2.46 bits per heavy atom. The number of carbonyl (C=O) groups is 1. The molecule has 4 rings (SSSR count). The van der Waals surface area contributed by atoms with Gasteiger partial charge in [0.1, 0.15) is 0 Å². The van der Waals surface area contributed by atoms with E-state index in [1.54, 1.807) is 6.07 Å². The normalized spacial score (nSPS) is 17.2. The third-order valence-electron chi connectivity index (χ3n) is 5.49. The first-order valence-electron chi connectivity index (χ1n) is 9.66. The van der Waals surface area contributed by atoms with Crippen LogP contribution < -0.4 is 5.32 Å². The van der Waals surface area contributed by atoms with Gasteiger partial charge in [-0.05, 0) is 47.6 Å². The number of halogens is 3. The Balaban J connectivity index is 1.36. The van der Waals surface area contributed by atoms with Crippen LogP contribution in [0.25, 0.3) is 0 Å². The van der Waals surface area contributed by atoms with Crippen molar-refractivity contribution in [1.29, 1.82) is 0 Å². The second-order valence-electron chi connectivity index (χ2n) is 7.71. The number of benzene rings is 2. The summed E-state index contributed by atoms with van der Waals surface area (Å²) in [6.07, 6.45) is -1.89. The van der Waals surface area contributed by atoms with Gasteiger partial charge in [-0.15, -0.1) is 0 Å². The maximum absolute atomic E-state index is 13.2. The van der Waals surface area contributed by atoms with Crippen molar-refractivity contribution in [3.05, 3.63) is 70.3 Å². The van der Waals surface area contributed by atoms with Gasteiger partial charge in [0.05, 0.1) is 5.56 Å². The number of fused-ring (bicyclic) bond motifs is 1. The van der Waals surface area contributed by atoms with Gasteiger partial charge in [0.15, 0.2) is 0 Å². The molecule has 2 aromatic rings. The van der Waals surface area contributed by atoms with E-state index in [4.69, 9.17) is 0 Å². The summed E-state index contributed by atoms with van der Waals surface area (Å²) in [6.45, 7) is 2.37. The molecule has 1 heterocycles. The third-order valence-corrected chi connectivity index (χ3v) is 5.49. The minimum absolute atomic E-state index is 0.134. The van der Waals surface area contributed by atoms with Crippen LogP contribution >= 0.6 is 0 Å². The lowest BCUT2D eigenvalue weighted by Crippen LogP contribution is -2.31. The van der Waals surface area contributed by atoms with E-state index in [2.05, 4.69) is 10.2 Å². The predicted molar refractivity (Wildman–Crippen MR) is 100 cm³/mol. The van der Waals surface area contributed by atoms with Gasteiger partial charge in [0, 0.05) is 32.1 Å². The standard InChI is InChI=1S/C22H23F3N2O/c23-22(24,25)20-3-1-2-18-14-27(11-10-19(18)20)13-16-6-4-15(5-7-16)12-26-21(28)17-8-9-17/h1-7,17H,8-14H2,(H,26,28). The second-order valence-corrected chi connectivity index (χ2v) is 7.71. The summed E-state index contributed by atoms with van der Waals surface area (Å²) in [5, 5.41) is 2.95. The zero-order chi connectivity index (χ0) is 19.7. The molecule has 28 heavy (non-hydrogen) atoms. The van der Waals surface area contributed by atoms with Crippen LogP contribution in [0.15, 0.2) is 42.5 Å². The highest BCUT2D eigenvalue weighted by atomic mass is 19.4. The van der Waals surface area contributed by atoms with E-state index >= 15 is 0 Å². The van der Waals surface area contributed by atoms with E-state index in [9.17, 15) is 18.0 Å². The Morgan fingerprint density at radius 2 is 1.79 bits per heavy atom. The molecule has 0 unspecified atom stereocenters. The Bertz CT molecular complexity index is 857. The summed E-state index contributed by atoms with van der Waals surface area (Å²) in [5.41, 5.74) is 2.87. The highest BCUT2D eigenvalue weighted by Crippen LogP contribution is 2.35. The Morgan fingerprint density at radius 1 is 1.07 bits per heavy atom. The molecule has 2 aliphatic rings. The fourth-order valence-electron chi connectivity index (χ4n) is 3.77. The fourth-order valence-corrected chi connectivity index (χ4v) is 3.77. The monoisotopic (exact) mass is 388 g/mol. The lowest BCUT2D eigenvalue weighted by molar-refractivity contribution is -0.138. The van der Waals surface area contributed by atoms with Crippen molar-refractivity contribution >= 4 is 5.91 Å². The molecule has 6 heteroatoms. The first-order valence-corrected chi connectivity index (χ1v) is 9.66. The van der Waals surface area contributed by atoms with E-state index in [0.717, 1.165) is 29.5 Å². The molecule has 0 atom stereocenters. The number of nitrogens with one attached hydrogen (secondary N) is 1. The van der Waals surface area contributed by atoms with E-state index in [1.807, 2.05) is 24.3 Å². The van der Waals surface area contributed by atoms with Crippen molar-refractivity contribution in [3.8, 4) is 0 Å². The molecule has 0 spiro atoms. The predicted octanol–water partition coefficient (Wildman–Crippen LogP) is 4.29. The molecule has 1 N–H and O–H groups in total. The van der Waals surface area contributed by atoms with Gasteiger partial charge < -0.3 is 5.32 Å². The summed E-state index contributed by atoms with van der Waals surface area (Å²) in [5.74, 6) is 0.341. The van der Waals surface area contributed by atoms with Crippen LogP contribution in [0.1, 0.15) is 40.7 Å². The first-order chi connectivity index (χ1) is 13.4. The number of nitrogens with zero attached hydrogens (tertiary/aromatic N) is 1. The van der Waals surface area contributed by atoms with Crippen molar-refractivity contribution < 1.29 is 18.0 Å². The summed E-state index contributed by atoms with van der Waals surface area (Å²) >= 11 is 0. The second kappa shape index (κ2) is 7.59. The molecule has 0 radical (unpaired) electrons. The van der Waals surface area contributed by atoms with Gasteiger partial charge in [0.25, 0.3) is 0 Å². The maximum Gasteiger partial charge on any atom is 0.416 e. The molecule has 1 aliphatic carbocycles. The van der Waals surface area contributed by atoms with Crippen LogP contribution in [0.3, 0.4) is 0 Å². The number of alkyl halides is 3. The number of hydrogen-bond donors (Lipinski definition) is 1. The van der Waals surface area contributed by atoms with E-state index in [0.29, 0.717) is 38.2 Å². The number of hydrogen-bond acceptors (Lipinski definition) is 2. The summed E-state index contributed by atoms with van der Waals surface area (Å²) < 4.78 is 39.5. The van der Waals surface area contributed by atoms with Crippen molar-refractivity contribution in [1.82, 2.24) is 10.2 Å². The Labute approximate surface area is 162 Å². The van der Waals surface area contributed by atoms with Gasteiger partial charge in [0.2, 0.25) is 5.91 Å². The van der Waals surface area contributed by atoms with Crippen molar-refractivity contribution in [2.24, 2.45) is 5.92 Å².